The van der Waals surface area contributed by atoms with Crippen LogP contribution in [0.15, 0.2) is 192 Å². The summed E-state index contributed by atoms with van der Waals surface area (Å²) in [7, 11) is 0. The van der Waals surface area contributed by atoms with Crippen LogP contribution < -0.4 is 15.1 Å². The zero-order valence-corrected chi connectivity index (χ0v) is 57.9. The van der Waals surface area contributed by atoms with Gasteiger partial charge in [-0.3, -0.25) is 0 Å². The number of para-hydroxylation sites is 1. The molecule has 0 amide bonds. The number of rotatable bonds is 7. The molecule has 1 unspecified atom stereocenters. The van der Waals surface area contributed by atoms with Gasteiger partial charge in [-0.15, -0.1) is 11.3 Å². The first kappa shape index (κ1) is 58.4. The first-order chi connectivity index (χ1) is 44.2. The molecule has 3 nitrogen and oxygen atoms in total. The minimum absolute atomic E-state index is 0.000213. The van der Waals surface area contributed by atoms with Gasteiger partial charge >= 0.3 is 6.85 Å². The highest BCUT2D eigenvalue weighted by Crippen LogP contribution is 2.59. The summed E-state index contributed by atoms with van der Waals surface area (Å²) < 4.78 is 13.0. The number of aromatic nitrogens is 1. The van der Waals surface area contributed by atoms with Gasteiger partial charge in [0.15, 0.2) is 0 Å². The number of hydrogen-bond acceptors (Lipinski definition) is 3. The van der Waals surface area contributed by atoms with Crippen molar-refractivity contribution in [3.8, 4) is 39.1 Å². The summed E-state index contributed by atoms with van der Waals surface area (Å²) >= 11 is 2.00. The minimum Gasteiger partial charge on any atom is -0.455 e. The van der Waals surface area contributed by atoms with Crippen molar-refractivity contribution in [1.82, 2.24) is 4.57 Å². The van der Waals surface area contributed by atoms with Crippen LogP contribution in [-0.2, 0) is 38.9 Å². The molecule has 0 radical (unpaired) electrons. The maximum atomic E-state index is 7.58. The lowest BCUT2D eigenvalue weighted by Gasteiger charge is -2.42. The topological polar surface area (TPSA) is 21.3 Å². The van der Waals surface area contributed by atoms with Gasteiger partial charge < -0.3 is 13.8 Å². The van der Waals surface area contributed by atoms with Crippen molar-refractivity contribution in [3.05, 3.63) is 244 Å². The fourth-order valence-corrected chi connectivity index (χ4v) is 18.5. The summed E-state index contributed by atoms with van der Waals surface area (Å²) in [6.07, 6.45) is 4.27. The molecule has 2 aliphatic heterocycles. The maximum absolute atomic E-state index is 7.58. The summed E-state index contributed by atoms with van der Waals surface area (Å²) in [6, 6.07) is 74.1. The van der Waals surface area contributed by atoms with Gasteiger partial charge in [0.05, 0.1) is 22.1 Å². The van der Waals surface area contributed by atoms with E-state index < -0.39 is 0 Å². The van der Waals surface area contributed by atoms with Crippen LogP contribution in [0.3, 0.4) is 0 Å². The second-order valence-electron chi connectivity index (χ2n) is 33.0. The molecule has 1 atom stereocenters. The van der Waals surface area contributed by atoms with Crippen molar-refractivity contribution in [2.45, 2.75) is 168 Å². The minimum atomic E-state index is -0.297. The Morgan fingerprint density at radius 1 is 0.516 bits per heavy atom. The Bertz CT molecular complexity index is 5280. The Hall–Kier alpha value is -8.38. The number of aryl methyl sites for hydroxylation is 1. The molecule has 0 bridgehead atoms. The number of fused-ring (bicyclic) bond motifs is 19. The average molecular weight is 1230 g/mol. The summed E-state index contributed by atoms with van der Waals surface area (Å²) in [5.41, 5.74) is 31.0. The number of hydrogen-bond donors (Lipinski definition) is 0. The first-order valence-corrected chi connectivity index (χ1v) is 35.1. The molecule has 2 aliphatic carbocycles. The van der Waals surface area contributed by atoms with Crippen LogP contribution in [0.1, 0.15) is 185 Å². The Morgan fingerprint density at radius 3 is 1.81 bits per heavy atom. The van der Waals surface area contributed by atoms with Crippen LogP contribution in [-0.4, -0.2) is 11.4 Å². The molecule has 17 rings (SSSR count). The smallest absolute Gasteiger partial charge is 0.343 e. The number of nitrogens with zero attached hydrogens (tertiary/aromatic N) is 2. The zero-order valence-electron chi connectivity index (χ0n) is 57.1. The molecule has 0 N–H and O–H groups in total. The lowest BCUT2D eigenvalue weighted by molar-refractivity contribution is 0.332. The van der Waals surface area contributed by atoms with Crippen molar-refractivity contribution in [2.24, 2.45) is 0 Å². The fraction of sp³-hybridized carbons (Fsp3) is 0.295. The molecule has 13 aromatic rings. The molecule has 0 spiro atoms. The summed E-state index contributed by atoms with van der Waals surface area (Å²) in [4.78, 5) is 2.79. The van der Waals surface area contributed by atoms with E-state index in [2.05, 4.69) is 301 Å². The first-order valence-electron chi connectivity index (χ1n) is 34.3. The molecular weight excluding hydrogens is 1140 g/mol. The highest BCUT2D eigenvalue weighted by Gasteiger charge is 2.50. The van der Waals surface area contributed by atoms with Gasteiger partial charge in [-0.1, -0.05) is 237 Å². The monoisotopic (exact) mass is 1230 g/mol. The van der Waals surface area contributed by atoms with Gasteiger partial charge in [0.1, 0.15) is 11.2 Å². The summed E-state index contributed by atoms with van der Waals surface area (Å²) in [5.74, 6) is 0.191. The van der Waals surface area contributed by atoms with Crippen LogP contribution >= 0.6 is 11.3 Å². The molecule has 93 heavy (non-hydrogen) atoms. The van der Waals surface area contributed by atoms with Gasteiger partial charge in [0.2, 0.25) is 0 Å². The molecule has 0 saturated carbocycles. The van der Waals surface area contributed by atoms with Crippen LogP contribution in [0.5, 0.6) is 0 Å². The van der Waals surface area contributed by atoms with Crippen LogP contribution in [0.2, 0.25) is 0 Å². The highest BCUT2D eigenvalue weighted by atomic mass is 32.1. The van der Waals surface area contributed by atoms with Crippen LogP contribution in [0, 0.1) is 0 Å². The molecular formula is C88H85BN2OS. The Morgan fingerprint density at radius 2 is 1.13 bits per heavy atom. The summed E-state index contributed by atoms with van der Waals surface area (Å²) in [5, 5.41) is 6.19. The molecule has 4 aliphatic rings. The molecule has 3 aromatic heterocycles. The normalized spacial score (nSPS) is 16.3. The Labute approximate surface area is 554 Å². The number of furan rings is 1. The Balaban J connectivity index is 0.967. The van der Waals surface area contributed by atoms with E-state index in [-0.39, 0.29) is 45.3 Å². The fourth-order valence-electron chi connectivity index (χ4n) is 17.2. The van der Waals surface area contributed by atoms with Crippen LogP contribution in [0.4, 0.5) is 11.4 Å². The number of anilines is 2. The predicted molar refractivity (Wildman–Crippen MR) is 400 cm³/mol. The van der Waals surface area contributed by atoms with E-state index in [0.717, 1.165) is 36.8 Å². The van der Waals surface area contributed by atoms with Gasteiger partial charge in [0, 0.05) is 59.3 Å². The third-order valence-corrected chi connectivity index (χ3v) is 24.0. The molecule has 462 valence electrons. The van der Waals surface area contributed by atoms with E-state index in [4.69, 9.17) is 4.42 Å². The second-order valence-corrected chi connectivity index (χ2v) is 34.1. The second kappa shape index (κ2) is 19.8. The van der Waals surface area contributed by atoms with Gasteiger partial charge in [-0.2, -0.15) is 0 Å². The quantitative estimate of drug-likeness (QED) is 0.148. The largest absolute Gasteiger partial charge is 0.455 e. The molecule has 10 aromatic carbocycles. The molecule has 0 fully saturated rings. The lowest BCUT2D eigenvalue weighted by Crippen LogP contribution is -2.59. The third kappa shape index (κ3) is 8.73. The van der Waals surface area contributed by atoms with Crippen molar-refractivity contribution in [2.75, 3.05) is 4.81 Å². The standard InChI is InChI=1S/C88H85BN2OS/c1-83(2,3)56-32-25-51(26-33-56)27-40-60(53-28-34-57(35-29-53)84(4,5)6)55-30-41-67-62(46-55)63-49-72-65(47-68(63)88(67,14)15)75-76-61-23-19-20-24-73(61)92-81(76)77-64-48-69-70(87(12,13)44-43-86(69,10)11)50-71(64)90-79-66-45-54(52-21-17-16-18-22-52)31-42-74(66)93-82(79)89(78(75)80(77)90)91(72)59-38-36-58(37-39-59)85(7,8)9/h16-26,28-39,41-42,45-50,60H,27,40,43-44H2,1-15H3. The predicted octanol–water partition coefficient (Wildman–Crippen LogP) is 23.1. The maximum Gasteiger partial charge on any atom is 0.343 e. The molecule has 5 heterocycles. The van der Waals surface area contributed by atoms with Crippen molar-refractivity contribution in [1.29, 1.82) is 0 Å². The van der Waals surface area contributed by atoms with E-state index >= 15 is 0 Å². The van der Waals surface area contributed by atoms with E-state index in [1.54, 1.807) is 0 Å². The van der Waals surface area contributed by atoms with E-state index in [1.165, 1.54) is 159 Å². The SMILES string of the molecule is CC(C)(C)c1ccc(CCC(c2ccc(C(C)(C)C)cc2)c2ccc3c(c2)-c2cc4c(cc2C3(C)C)-c2c3c5c(c6cc7c(cc6n5-c5c(sc6ccc(-c8ccccc8)cc56)B3N4c3ccc(C(C)(C)C)cc3)C(C)(C)CCC7(C)C)c3oc4ccccc4c23)cc1. The number of benzene rings is 10. The van der Waals surface area contributed by atoms with E-state index in [9.17, 15) is 0 Å². The van der Waals surface area contributed by atoms with Gasteiger partial charge in [0.25, 0.3) is 0 Å². The highest BCUT2D eigenvalue weighted by molar-refractivity contribution is 7.32. The molecule has 5 heteroatoms. The average Bonchev–Trinajstić information content (AvgIpc) is 1.53. The number of thiophene rings is 1. The van der Waals surface area contributed by atoms with Gasteiger partial charge in [-0.05, 0) is 196 Å². The van der Waals surface area contributed by atoms with E-state index in [0.29, 0.717) is 0 Å². The third-order valence-electron chi connectivity index (χ3n) is 22.8. The van der Waals surface area contributed by atoms with Crippen LogP contribution in [0.25, 0.3) is 92.9 Å². The van der Waals surface area contributed by atoms with Crippen molar-refractivity contribution >= 4 is 93.6 Å². The van der Waals surface area contributed by atoms with E-state index in [1.807, 2.05) is 11.3 Å². The summed E-state index contributed by atoms with van der Waals surface area (Å²) in [6.45, 7) is 35.6. The molecule has 0 saturated heterocycles. The van der Waals surface area contributed by atoms with Crippen molar-refractivity contribution < 1.29 is 4.42 Å². The lowest BCUT2D eigenvalue weighted by atomic mass is 9.46. The van der Waals surface area contributed by atoms with Gasteiger partial charge in [-0.25, -0.2) is 0 Å². The zero-order chi connectivity index (χ0) is 64.4. The van der Waals surface area contributed by atoms with Crippen molar-refractivity contribution in [3.63, 3.8) is 0 Å². The Kier molecular flexibility index (Phi) is 12.5.